The molecular formula is C22H18F5N3O. The van der Waals surface area contributed by atoms with Crippen LogP contribution in [-0.4, -0.2) is 26.9 Å². The summed E-state index contributed by atoms with van der Waals surface area (Å²) in [6.07, 6.45) is -3.28. The van der Waals surface area contributed by atoms with Gasteiger partial charge in [-0.25, -0.2) is 18.7 Å². The smallest absolute Gasteiger partial charge is 0.378 e. The van der Waals surface area contributed by atoms with Gasteiger partial charge in [0.15, 0.2) is 17.2 Å². The fraction of sp³-hybridized carbons (Fsp3) is 0.273. The Labute approximate surface area is 174 Å². The van der Waals surface area contributed by atoms with Gasteiger partial charge in [0, 0.05) is 29.3 Å². The SMILES string of the molecule is C/C=C1\C[C@](O)(C(F)(F)F)[C@H](Nc2cccc3nc(C)ncc23)c2ccc(F)c(F)c21. The number of halogens is 5. The lowest BCUT2D eigenvalue weighted by atomic mass is 9.72. The lowest BCUT2D eigenvalue weighted by molar-refractivity contribution is -0.265. The molecule has 0 aliphatic heterocycles. The van der Waals surface area contributed by atoms with E-state index >= 15 is 0 Å². The third-order valence-electron chi connectivity index (χ3n) is 5.58. The average Bonchev–Trinajstić information content (AvgIpc) is 2.71. The van der Waals surface area contributed by atoms with Gasteiger partial charge >= 0.3 is 6.18 Å². The number of aliphatic hydroxyl groups is 1. The van der Waals surface area contributed by atoms with Crippen molar-refractivity contribution in [2.75, 3.05) is 5.32 Å². The molecule has 9 heteroatoms. The fourth-order valence-electron chi connectivity index (χ4n) is 4.01. The van der Waals surface area contributed by atoms with E-state index in [1.165, 1.54) is 25.3 Å². The maximum atomic E-state index is 14.7. The van der Waals surface area contributed by atoms with Crippen molar-refractivity contribution in [3.63, 3.8) is 0 Å². The van der Waals surface area contributed by atoms with E-state index < -0.39 is 35.9 Å². The van der Waals surface area contributed by atoms with Crippen LogP contribution in [0.4, 0.5) is 27.6 Å². The molecule has 4 nitrogen and oxygen atoms in total. The molecule has 1 aliphatic carbocycles. The average molecular weight is 435 g/mol. The predicted molar refractivity (Wildman–Crippen MR) is 106 cm³/mol. The maximum absolute atomic E-state index is 14.7. The summed E-state index contributed by atoms with van der Waals surface area (Å²) >= 11 is 0. The van der Waals surface area contributed by atoms with Gasteiger partial charge in [-0.1, -0.05) is 18.2 Å². The molecule has 0 radical (unpaired) electrons. The summed E-state index contributed by atoms with van der Waals surface area (Å²) in [4.78, 5) is 8.34. The molecule has 31 heavy (non-hydrogen) atoms. The van der Waals surface area contributed by atoms with E-state index in [0.29, 0.717) is 16.7 Å². The Balaban J connectivity index is 1.95. The van der Waals surface area contributed by atoms with Gasteiger partial charge in [-0.15, -0.1) is 0 Å². The molecule has 0 saturated carbocycles. The molecule has 162 valence electrons. The number of aryl methyl sites for hydroxylation is 1. The number of benzene rings is 2. The maximum Gasteiger partial charge on any atom is 0.419 e. The van der Waals surface area contributed by atoms with Gasteiger partial charge in [-0.05, 0) is 43.2 Å². The van der Waals surface area contributed by atoms with E-state index in [0.717, 1.165) is 12.1 Å². The van der Waals surface area contributed by atoms with Crippen molar-refractivity contribution in [1.82, 2.24) is 9.97 Å². The van der Waals surface area contributed by atoms with Crippen LogP contribution in [0.5, 0.6) is 0 Å². The zero-order valence-electron chi connectivity index (χ0n) is 16.6. The summed E-state index contributed by atoms with van der Waals surface area (Å²) in [6, 6.07) is 4.81. The number of nitrogens with one attached hydrogen (secondary N) is 1. The first-order valence-electron chi connectivity index (χ1n) is 9.48. The van der Waals surface area contributed by atoms with Crippen LogP contribution in [0.25, 0.3) is 16.5 Å². The first-order valence-corrected chi connectivity index (χ1v) is 9.48. The van der Waals surface area contributed by atoms with E-state index in [-0.39, 0.29) is 22.4 Å². The monoisotopic (exact) mass is 435 g/mol. The third kappa shape index (κ3) is 3.33. The molecule has 0 spiro atoms. The molecule has 0 amide bonds. The number of nitrogens with zero attached hydrogens (tertiary/aromatic N) is 2. The van der Waals surface area contributed by atoms with Gasteiger partial charge in [-0.2, -0.15) is 13.2 Å². The number of hydrogen-bond acceptors (Lipinski definition) is 4. The van der Waals surface area contributed by atoms with Crippen molar-refractivity contribution in [2.45, 2.75) is 38.1 Å². The van der Waals surface area contributed by atoms with Crippen molar-refractivity contribution in [2.24, 2.45) is 0 Å². The van der Waals surface area contributed by atoms with E-state index in [1.54, 1.807) is 19.1 Å². The zero-order chi connectivity index (χ0) is 22.6. The Hall–Kier alpha value is -3.07. The molecule has 1 heterocycles. The van der Waals surface area contributed by atoms with Gasteiger partial charge in [0.05, 0.1) is 11.6 Å². The number of fused-ring (bicyclic) bond motifs is 2. The molecular weight excluding hydrogens is 417 g/mol. The van der Waals surface area contributed by atoms with Gasteiger partial charge in [0.25, 0.3) is 0 Å². The van der Waals surface area contributed by atoms with Crippen molar-refractivity contribution in [3.8, 4) is 0 Å². The molecule has 4 rings (SSSR count). The molecule has 2 aromatic carbocycles. The zero-order valence-corrected chi connectivity index (χ0v) is 16.6. The highest BCUT2D eigenvalue weighted by atomic mass is 19.4. The number of rotatable bonds is 2. The standard InChI is InChI=1S/C22H18F5N3O/c1-3-12-9-21(31,22(25,26)27)20(13-7-8-15(23)19(24)18(12)13)30-17-6-4-5-16-14(17)10-28-11(2)29-16/h3-8,10,20,30-31H,9H2,1-2H3/b12-3+/t20-,21-/m1/s1. The Bertz CT molecular complexity index is 1210. The molecule has 2 atom stereocenters. The number of aromatic nitrogens is 2. The van der Waals surface area contributed by atoms with E-state index in [2.05, 4.69) is 15.3 Å². The first kappa shape index (κ1) is 21.2. The summed E-state index contributed by atoms with van der Waals surface area (Å²) in [5.41, 5.74) is -3.14. The molecule has 1 aliphatic rings. The minimum atomic E-state index is -5.06. The van der Waals surface area contributed by atoms with Crippen LogP contribution in [0, 0.1) is 18.6 Å². The summed E-state index contributed by atoms with van der Waals surface area (Å²) < 4.78 is 70.9. The molecule has 0 bridgehead atoms. The van der Waals surface area contributed by atoms with Crippen LogP contribution < -0.4 is 5.32 Å². The summed E-state index contributed by atoms with van der Waals surface area (Å²) in [6.45, 7) is 3.09. The highest BCUT2D eigenvalue weighted by Gasteiger charge is 2.61. The highest BCUT2D eigenvalue weighted by Crippen LogP contribution is 2.53. The van der Waals surface area contributed by atoms with Crippen LogP contribution in [0.3, 0.4) is 0 Å². The minimum Gasteiger partial charge on any atom is -0.378 e. The van der Waals surface area contributed by atoms with Gasteiger partial charge in [0.1, 0.15) is 5.82 Å². The van der Waals surface area contributed by atoms with Crippen LogP contribution in [0.1, 0.15) is 36.3 Å². The largest absolute Gasteiger partial charge is 0.419 e. The number of alkyl halides is 3. The summed E-state index contributed by atoms with van der Waals surface area (Å²) in [5, 5.41) is 14.0. The molecule has 0 unspecified atom stereocenters. The Morgan fingerprint density at radius 1 is 1.19 bits per heavy atom. The van der Waals surface area contributed by atoms with Crippen molar-refractivity contribution < 1.29 is 27.1 Å². The van der Waals surface area contributed by atoms with Crippen LogP contribution in [0.15, 0.2) is 42.6 Å². The predicted octanol–water partition coefficient (Wildman–Crippen LogP) is 5.47. The van der Waals surface area contributed by atoms with E-state index in [1.807, 2.05) is 0 Å². The topological polar surface area (TPSA) is 58.0 Å². The Kier molecular flexibility index (Phi) is 4.96. The van der Waals surface area contributed by atoms with Crippen LogP contribution in [0.2, 0.25) is 0 Å². The second-order valence-corrected chi connectivity index (χ2v) is 7.47. The molecule has 0 saturated heterocycles. The lowest BCUT2D eigenvalue weighted by Crippen LogP contribution is -2.54. The lowest BCUT2D eigenvalue weighted by Gasteiger charge is -2.44. The third-order valence-corrected chi connectivity index (χ3v) is 5.58. The summed E-state index contributed by atoms with van der Waals surface area (Å²) in [5.74, 6) is -1.95. The van der Waals surface area contributed by atoms with Crippen molar-refractivity contribution in [1.29, 1.82) is 0 Å². The van der Waals surface area contributed by atoms with Crippen LogP contribution >= 0.6 is 0 Å². The first-order chi connectivity index (χ1) is 14.6. The molecule has 2 N–H and O–H groups in total. The number of anilines is 1. The Morgan fingerprint density at radius 3 is 2.61 bits per heavy atom. The summed E-state index contributed by atoms with van der Waals surface area (Å²) in [7, 11) is 0. The minimum absolute atomic E-state index is 0.123. The Morgan fingerprint density at radius 2 is 1.94 bits per heavy atom. The highest BCUT2D eigenvalue weighted by molar-refractivity contribution is 5.91. The number of hydrogen-bond donors (Lipinski definition) is 2. The van der Waals surface area contributed by atoms with E-state index in [4.69, 9.17) is 0 Å². The van der Waals surface area contributed by atoms with Crippen molar-refractivity contribution >= 4 is 22.2 Å². The fourth-order valence-corrected chi connectivity index (χ4v) is 4.01. The molecule has 3 aromatic rings. The molecule has 1 aromatic heterocycles. The second kappa shape index (κ2) is 7.26. The van der Waals surface area contributed by atoms with Crippen molar-refractivity contribution in [3.05, 3.63) is 71.2 Å². The van der Waals surface area contributed by atoms with Gasteiger partial charge < -0.3 is 10.4 Å². The second-order valence-electron chi connectivity index (χ2n) is 7.47. The van der Waals surface area contributed by atoms with Crippen LogP contribution in [-0.2, 0) is 0 Å². The number of allylic oxidation sites excluding steroid dienone is 1. The quantitative estimate of drug-likeness (QED) is 0.524. The van der Waals surface area contributed by atoms with Gasteiger partial charge in [0.2, 0.25) is 0 Å². The van der Waals surface area contributed by atoms with Gasteiger partial charge in [-0.3, -0.25) is 0 Å². The van der Waals surface area contributed by atoms with E-state index in [9.17, 15) is 27.1 Å². The molecule has 0 fully saturated rings. The normalized spacial score (nSPS) is 22.6.